The van der Waals surface area contributed by atoms with Crippen LogP contribution < -0.4 is 4.74 Å². The maximum atomic E-state index is 10.7. The molecule has 3 heterocycles. The minimum atomic E-state index is -0.945. The minimum absolute atomic E-state index is 0.206. The highest BCUT2D eigenvalue weighted by Gasteiger charge is 2.33. The Bertz CT molecular complexity index is 623. The molecule has 2 aromatic rings. The lowest BCUT2D eigenvalue weighted by molar-refractivity contribution is 0.0231. The molecule has 6 nitrogen and oxygen atoms in total. The van der Waals surface area contributed by atoms with Gasteiger partial charge in [0.1, 0.15) is 11.3 Å². The van der Waals surface area contributed by atoms with Gasteiger partial charge >= 0.3 is 6.09 Å². The summed E-state index contributed by atoms with van der Waals surface area (Å²) in [5, 5.41) is 9.11. The molecule has 1 aliphatic rings. The van der Waals surface area contributed by atoms with Crippen molar-refractivity contribution in [2.75, 3.05) is 13.1 Å². The van der Waals surface area contributed by atoms with Crippen molar-refractivity contribution in [1.82, 2.24) is 9.88 Å². The predicted octanol–water partition coefficient (Wildman–Crippen LogP) is 2.74. The molecule has 7 heteroatoms. The van der Waals surface area contributed by atoms with Crippen molar-refractivity contribution in [2.45, 2.75) is 6.10 Å². The Hall–Kier alpha value is -2.21. The van der Waals surface area contributed by atoms with Crippen LogP contribution >= 0.6 is 11.6 Å². The van der Waals surface area contributed by atoms with Gasteiger partial charge < -0.3 is 19.2 Å². The summed E-state index contributed by atoms with van der Waals surface area (Å²) >= 11 is 5.88. The molecule has 20 heavy (non-hydrogen) atoms. The van der Waals surface area contributed by atoms with E-state index >= 15 is 0 Å². The largest absolute Gasteiger partial charge is 0.472 e. The molecule has 1 aliphatic heterocycles. The molecule has 3 rings (SSSR count). The molecular formula is C13H11ClN2O4. The molecule has 0 atom stereocenters. The Morgan fingerprint density at radius 3 is 2.90 bits per heavy atom. The van der Waals surface area contributed by atoms with Crippen LogP contribution in [-0.4, -0.2) is 40.3 Å². The normalized spacial score (nSPS) is 14.9. The van der Waals surface area contributed by atoms with Crippen molar-refractivity contribution in [3.8, 4) is 17.0 Å². The van der Waals surface area contributed by atoms with Gasteiger partial charge in [0.15, 0.2) is 0 Å². The van der Waals surface area contributed by atoms with E-state index < -0.39 is 6.09 Å². The first-order valence-electron chi connectivity index (χ1n) is 5.97. The van der Waals surface area contributed by atoms with E-state index in [1.165, 1.54) is 4.90 Å². The zero-order chi connectivity index (χ0) is 14.1. The second-order valence-corrected chi connectivity index (χ2v) is 4.81. The van der Waals surface area contributed by atoms with Crippen molar-refractivity contribution in [2.24, 2.45) is 0 Å². The molecule has 0 bridgehead atoms. The fourth-order valence-corrected chi connectivity index (χ4v) is 2.11. The van der Waals surface area contributed by atoms with Crippen LogP contribution in [0, 0.1) is 0 Å². The number of carboxylic acid groups (broad SMARTS) is 1. The summed E-state index contributed by atoms with van der Waals surface area (Å²) in [5.41, 5.74) is 1.59. The molecule has 0 radical (unpaired) electrons. The summed E-state index contributed by atoms with van der Waals surface area (Å²) < 4.78 is 10.8. The quantitative estimate of drug-likeness (QED) is 0.881. The highest BCUT2D eigenvalue weighted by atomic mass is 35.5. The van der Waals surface area contributed by atoms with Crippen LogP contribution in [0.2, 0.25) is 5.15 Å². The summed E-state index contributed by atoms with van der Waals surface area (Å²) in [6, 6.07) is 5.26. The van der Waals surface area contributed by atoms with Crippen LogP contribution in [-0.2, 0) is 0 Å². The van der Waals surface area contributed by atoms with Crippen LogP contribution in [0.4, 0.5) is 4.79 Å². The van der Waals surface area contributed by atoms with Gasteiger partial charge in [-0.25, -0.2) is 9.78 Å². The first-order valence-corrected chi connectivity index (χ1v) is 6.35. The molecule has 0 spiro atoms. The lowest BCUT2D eigenvalue weighted by Crippen LogP contribution is -2.55. The fraction of sp³-hybridized carbons (Fsp3) is 0.231. The smallest absolute Gasteiger partial charge is 0.407 e. The standard InChI is InChI=1S/C13H11ClN2O4/c14-11-2-1-10(8-3-4-19-7-8)12(15-11)20-9-5-16(6-9)13(17)18/h1-4,7,9H,5-6H2,(H,17,18). The average molecular weight is 295 g/mol. The monoisotopic (exact) mass is 294 g/mol. The average Bonchev–Trinajstić information content (AvgIpc) is 2.86. The van der Waals surface area contributed by atoms with Gasteiger partial charge in [0.25, 0.3) is 0 Å². The molecule has 1 fully saturated rings. The number of pyridine rings is 1. The molecule has 0 unspecified atom stereocenters. The Morgan fingerprint density at radius 1 is 1.45 bits per heavy atom. The van der Waals surface area contributed by atoms with Crippen molar-refractivity contribution in [1.29, 1.82) is 0 Å². The number of rotatable bonds is 3. The van der Waals surface area contributed by atoms with Crippen molar-refractivity contribution in [3.63, 3.8) is 0 Å². The van der Waals surface area contributed by atoms with Gasteiger partial charge in [0.05, 0.1) is 25.6 Å². The van der Waals surface area contributed by atoms with Crippen molar-refractivity contribution < 1.29 is 19.1 Å². The molecule has 0 saturated carbocycles. The minimum Gasteiger partial charge on any atom is -0.472 e. The van der Waals surface area contributed by atoms with Gasteiger partial charge in [0.2, 0.25) is 5.88 Å². The van der Waals surface area contributed by atoms with Gasteiger partial charge in [-0.15, -0.1) is 0 Å². The number of carbonyl (C=O) groups is 1. The van der Waals surface area contributed by atoms with E-state index in [9.17, 15) is 4.79 Å². The summed E-state index contributed by atoms with van der Waals surface area (Å²) in [5.74, 6) is 0.383. The molecule has 1 N–H and O–H groups in total. The van der Waals surface area contributed by atoms with Crippen molar-refractivity contribution in [3.05, 3.63) is 35.9 Å². The molecule has 0 aliphatic carbocycles. The summed E-state index contributed by atoms with van der Waals surface area (Å²) in [6.07, 6.45) is 1.99. The number of nitrogens with zero attached hydrogens (tertiary/aromatic N) is 2. The van der Waals surface area contributed by atoms with E-state index in [-0.39, 0.29) is 6.10 Å². The second kappa shape index (κ2) is 5.05. The zero-order valence-corrected chi connectivity index (χ0v) is 11.1. The summed E-state index contributed by atoms with van der Waals surface area (Å²) in [4.78, 5) is 16.1. The fourth-order valence-electron chi connectivity index (χ4n) is 1.97. The molecular weight excluding hydrogens is 284 g/mol. The number of aromatic nitrogens is 1. The van der Waals surface area contributed by atoms with Gasteiger partial charge in [-0.05, 0) is 18.2 Å². The van der Waals surface area contributed by atoms with E-state index in [1.807, 2.05) is 0 Å². The third kappa shape index (κ3) is 2.42. The molecule has 2 aromatic heterocycles. The Balaban J connectivity index is 1.79. The third-order valence-corrected chi connectivity index (χ3v) is 3.27. The first-order chi connectivity index (χ1) is 9.63. The summed E-state index contributed by atoms with van der Waals surface area (Å²) in [7, 11) is 0. The lowest BCUT2D eigenvalue weighted by atomic mass is 10.1. The zero-order valence-electron chi connectivity index (χ0n) is 10.3. The number of hydrogen-bond acceptors (Lipinski definition) is 4. The van der Waals surface area contributed by atoms with Gasteiger partial charge in [-0.2, -0.15) is 0 Å². The van der Waals surface area contributed by atoms with E-state index in [0.717, 1.165) is 11.1 Å². The van der Waals surface area contributed by atoms with Crippen LogP contribution in [0.25, 0.3) is 11.1 Å². The number of amides is 1. The third-order valence-electron chi connectivity index (χ3n) is 3.06. The van der Waals surface area contributed by atoms with E-state index in [1.54, 1.807) is 30.7 Å². The van der Waals surface area contributed by atoms with Crippen LogP contribution in [0.1, 0.15) is 0 Å². The molecule has 104 valence electrons. The maximum absolute atomic E-state index is 10.7. The number of halogens is 1. The predicted molar refractivity (Wildman–Crippen MR) is 71.0 cm³/mol. The van der Waals surface area contributed by atoms with E-state index in [4.69, 9.17) is 25.9 Å². The van der Waals surface area contributed by atoms with Crippen LogP contribution in [0.5, 0.6) is 5.88 Å². The van der Waals surface area contributed by atoms with Gasteiger partial charge in [-0.1, -0.05) is 11.6 Å². The van der Waals surface area contributed by atoms with E-state index in [2.05, 4.69) is 4.98 Å². The number of hydrogen-bond donors (Lipinski definition) is 1. The lowest BCUT2D eigenvalue weighted by Gasteiger charge is -2.36. The number of likely N-dealkylation sites (tertiary alicyclic amines) is 1. The highest BCUT2D eigenvalue weighted by Crippen LogP contribution is 2.31. The Morgan fingerprint density at radius 2 is 2.25 bits per heavy atom. The topological polar surface area (TPSA) is 75.8 Å². The van der Waals surface area contributed by atoms with Gasteiger partial charge in [-0.3, -0.25) is 0 Å². The Labute approximate surface area is 119 Å². The van der Waals surface area contributed by atoms with Crippen LogP contribution in [0.3, 0.4) is 0 Å². The van der Waals surface area contributed by atoms with Gasteiger partial charge in [0, 0.05) is 11.1 Å². The molecule has 0 aromatic carbocycles. The SMILES string of the molecule is O=C(O)N1CC(Oc2nc(Cl)ccc2-c2ccoc2)C1. The molecule has 1 saturated heterocycles. The maximum Gasteiger partial charge on any atom is 0.407 e. The van der Waals surface area contributed by atoms with Crippen LogP contribution in [0.15, 0.2) is 35.1 Å². The van der Waals surface area contributed by atoms with E-state index in [0.29, 0.717) is 24.1 Å². The highest BCUT2D eigenvalue weighted by molar-refractivity contribution is 6.29. The number of furan rings is 1. The molecule has 1 amide bonds. The second-order valence-electron chi connectivity index (χ2n) is 4.43. The Kier molecular flexibility index (Phi) is 3.23. The summed E-state index contributed by atoms with van der Waals surface area (Å²) in [6.45, 7) is 0.655. The van der Waals surface area contributed by atoms with Crippen molar-refractivity contribution >= 4 is 17.7 Å². The first kappa shape index (κ1) is 12.8. The number of ether oxygens (including phenoxy) is 1.